The molecule has 1 saturated carbocycles. The van der Waals surface area contributed by atoms with Crippen LogP contribution in [0.3, 0.4) is 0 Å². The maximum atomic E-state index is 13.8. The normalized spacial score (nSPS) is 14.3. The highest BCUT2D eigenvalue weighted by Crippen LogP contribution is 2.22. The molecule has 6 heteroatoms. The van der Waals surface area contributed by atoms with Gasteiger partial charge in [-0.25, -0.2) is 0 Å². The number of rotatable bonds is 10. The predicted octanol–water partition coefficient (Wildman–Crippen LogP) is 5.59. The molecule has 3 aromatic rings. The molecule has 0 unspecified atom stereocenters. The van der Waals surface area contributed by atoms with Gasteiger partial charge in [-0.2, -0.15) is 0 Å². The van der Waals surface area contributed by atoms with Crippen LogP contribution < -0.4 is 10.1 Å². The molecular formula is C30H33ClN2O3. The zero-order chi connectivity index (χ0) is 25.3. The molecule has 1 fully saturated rings. The number of benzene rings is 3. The molecule has 1 aliphatic rings. The highest BCUT2D eigenvalue weighted by atomic mass is 35.5. The van der Waals surface area contributed by atoms with Crippen molar-refractivity contribution in [3.8, 4) is 5.75 Å². The van der Waals surface area contributed by atoms with Gasteiger partial charge in [0.15, 0.2) is 0 Å². The van der Waals surface area contributed by atoms with Crippen LogP contribution in [0.1, 0.15) is 42.4 Å². The number of methoxy groups -OCH3 is 1. The summed E-state index contributed by atoms with van der Waals surface area (Å²) in [5.41, 5.74) is 2.78. The summed E-state index contributed by atoms with van der Waals surface area (Å²) in [6.45, 7) is 0.305. The van der Waals surface area contributed by atoms with Gasteiger partial charge in [-0.1, -0.05) is 79.0 Å². The van der Waals surface area contributed by atoms with Gasteiger partial charge in [0.2, 0.25) is 11.8 Å². The van der Waals surface area contributed by atoms with Gasteiger partial charge in [0.05, 0.1) is 13.5 Å². The van der Waals surface area contributed by atoms with E-state index in [1.165, 1.54) is 0 Å². The standard InChI is InChI=1S/C30H33ClN2O3/c1-36-27-13-7-10-24(18-27)21-33(29(34)20-23-14-16-25(31)17-15-23)28(19-22-8-3-2-4-9-22)30(35)32-26-11-5-6-12-26/h2-4,7-10,13-18,26,28H,5-6,11-12,19-21H2,1H3,(H,32,35)/t28-/m0/s1. The molecule has 0 aliphatic heterocycles. The second-order valence-electron chi connectivity index (χ2n) is 9.37. The summed E-state index contributed by atoms with van der Waals surface area (Å²) in [5.74, 6) is 0.508. The van der Waals surface area contributed by atoms with Crippen molar-refractivity contribution in [1.29, 1.82) is 0 Å². The van der Waals surface area contributed by atoms with Gasteiger partial charge >= 0.3 is 0 Å². The van der Waals surface area contributed by atoms with E-state index in [-0.39, 0.29) is 24.3 Å². The maximum absolute atomic E-state index is 13.8. The van der Waals surface area contributed by atoms with Crippen LogP contribution in [0, 0.1) is 0 Å². The van der Waals surface area contributed by atoms with Crippen LogP contribution >= 0.6 is 11.6 Å². The van der Waals surface area contributed by atoms with E-state index >= 15 is 0 Å². The minimum atomic E-state index is -0.640. The molecule has 0 saturated heterocycles. The minimum absolute atomic E-state index is 0.0990. The van der Waals surface area contributed by atoms with Crippen molar-refractivity contribution >= 4 is 23.4 Å². The first-order valence-electron chi connectivity index (χ1n) is 12.5. The molecule has 4 rings (SSSR count). The summed E-state index contributed by atoms with van der Waals surface area (Å²) in [7, 11) is 1.62. The Labute approximate surface area is 218 Å². The van der Waals surface area contributed by atoms with Crippen LogP contribution in [-0.2, 0) is 29.0 Å². The number of nitrogens with one attached hydrogen (secondary N) is 1. The topological polar surface area (TPSA) is 58.6 Å². The summed E-state index contributed by atoms with van der Waals surface area (Å²) >= 11 is 6.05. The summed E-state index contributed by atoms with van der Waals surface area (Å²) in [6.07, 6.45) is 4.84. The second-order valence-corrected chi connectivity index (χ2v) is 9.81. The number of nitrogens with zero attached hydrogens (tertiary/aromatic N) is 1. The Bertz CT molecular complexity index is 1140. The van der Waals surface area contributed by atoms with Crippen molar-refractivity contribution in [1.82, 2.24) is 10.2 Å². The Morgan fingerprint density at radius 2 is 1.64 bits per heavy atom. The van der Waals surface area contributed by atoms with Gasteiger partial charge < -0.3 is 15.0 Å². The summed E-state index contributed by atoms with van der Waals surface area (Å²) in [6, 6.07) is 24.3. The molecule has 1 N–H and O–H groups in total. The third kappa shape index (κ3) is 7.11. The highest BCUT2D eigenvalue weighted by Gasteiger charge is 2.32. The molecule has 1 aliphatic carbocycles. The van der Waals surface area contributed by atoms with Crippen LogP contribution in [0.25, 0.3) is 0 Å². The van der Waals surface area contributed by atoms with Crippen LogP contribution in [0.5, 0.6) is 5.75 Å². The molecule has 0 bridgehead atoms. The molecule has 0 heterocycles. The lowest BCUT2D eigenvalue weighted by Crippen LogP contribution is -2.52. The largest absolute Gasteiger partial charge is 0.497 e. The van der Waals surface area contributed by atoms with Crippen LogP contribution in [0.4, 0.5) is 0 Å². The van der Waals surface area contributed by atoms with E-state index < -0.39 is 6.04 Å². The van der Waals surface area contributed by atoms with Crippen molar-refractivity contribution in [3.63, 3.8) is 0 Å². The SMILES string of the molecule is COc1cccc(CN(C(=O)Cc2ccc(Cl)cc2)[C@@H](Cc2ccccc2)C(=O)NC2CCCC2)c1. The molecule has 36 heavy (non-hydrogen) atoms. The fourth-order valence-corrected chi connectivity index (χ4v) is 4.89. The first-order valence-corrected chi connectivity index (χ1v) is 12.9. The number of amides is 2. The van der Waals surface area contributed by atoms with Crippen LogP contribution in [-0.4, -0.2) is 35.9 Å². The van der Waals surface area contributed by atoms with Gasteiger partial charge in [-0.15, -0.1) is 0 Å². The van der Waals surface area contributed by atoms with E-state index in [2.05, 4.69) is 5.32 Å². The average molecular weight is 505 g/mol. The molecule has 1 atom stereocenters. The fraction of sp³-hybridized carbons (Fsp3) is 0.333. The molecular weight excluding hydrogens is 472 g/mol. The smallest absolute Gasteiger partial charge is 0.243 e. The highest BCUT2D eigenvalue weighted by molar-refractivity contribution is 6.30. The number of halogens is 1. The lowest BCUT2D eigenvalue weighted by atomic mass is 10.0. The number of carbonyl (C=O) groups is 2. The quantitative estimate of drug-likeness (QED) is 0.391. The van der Waals surface area contributed by atoms with Gasteiger partial charge in [0.1, 0.15) is 11.8 Å². The van der Waals surface area contributed by atoms with Gasteiger partial charge in [-0.05, 0) is 53.8 Å². The zero-order valence-electron chi connectivity index (χ0n) is 20.7. The van der Waals surface area contributed by atoms with E-state index in [0.29, 0.717) is 23.7 Å². The lowest BCUT2D eigenvalue weighted by molar-refractivity contribution is -0.141. The molecule has 188 valence electrons. The number of hydrogen-bond acceptors (Lipinski definition) is 3. The van der Waals surface area contributed by atoms with E-state index in [1.807, 2.05) is 66.7 Å². The summed E-state index contributed by atoms with van der Waals surface area (Å²) in [4.78, 5) is 29.2. The molecule has 3 aromatic carbocycles. The molecule has 0 radical (unpaired) electrons. The Balaban J connectivity index is 1.66. The Morgan fingerprint density at radius 1 is 0.944 bits per heavy atom. The number of hydrogen-bond donors (Lipinski definition) is 1. The van der Waals surface area contributed by atoms with E-state index in [9.17, 15) is 9.59 Å². The molecule has 0 aromatic heterocycles. The van der Waals surface area contributed by atoms with Crippen molar-refractivity contribution < 1.29 is 14.3 Å². The van der Waals surface area contributed by atoms with E-state index in [0.717, 1.165) is 42.4 Å². The Kier molecular flexibility index (Phi) is 9.01. The second kappa shape index (κ2) is 12.6. The molecule has 5 nitrogen and oxygen atoms in total. The fourth-order valence-electron chi connectivity index (χ4n) is 4.77. The van der Waals surface area contributed by atoms with Crippen LogP contribution in [0.2, 0.25) is 5.02 Å². The summed E-state index contributed by atoms with van der Waals surface area (Å²) in [5, 5.41) is 3.86. The molecule has 2 amide bonds. The third-order valence-corrected chi connectivity index (χ3v) is 6.98. The van der Waals surface area contributed by atoms with Crippen molar-refractivity contribution in [2.75, 3.05) is 7.11 Å². The minimum Gasteiger partial charge on any atom is -0.497 e. The summed E-state index contributed by atoms with van der Waals surface area (Å²) < 4.78 is 5.40. The van der Waals surface area contributed by atoms with E-state index in [1.54, 1.807) is 24.1 Å². The van der Waals surface area contributed by atoms with Crippen molar-refractivity contribution in [2.45, 2.75) is 57.2 Å². The predicted molar refractivity (Wildman–Crippen MR) is 143 cm³/mol. The lowest BCUT2D eigenvalue weighted by Gasteiger charge is -2.32. The van der Waals surface area contributed by atoms with Gasteiger partial charge in [-0.3, -0.25) is 9.59 Å². The zero-order valence-corrected chi connectivity index (χ0v) is 21.4. The van der Waals surface area contributed by atoms with Gasteiger partial charge in [0.25, 0.3) is 0 Å². The number of carbonyl (C=O) groups excluding carboxylic acids is 2. The Morgan fingerprint density at radius 3 is 2.33 bits per heavy atom. The Hall–Kier alpha value is -3.31. The average Bonchev–Trinajstić information content (AvgIpc) is 3.41. The monoisotopic (exact) mass is 504 g/mol. The molecule has 0 spiro atoms. The maximum Gasteiger partial charge on any atom is 0.243 e. The van der Waals surface area contributed by atoms with Crippen molar-refractivity contribution in [2.24, 2.45) is 0 Å². The first-order chi connectivity index (χ1) is 17.5. The van der Waals surface area contributed by atoms with Crippen molar-refractivity contribution in [3.05, 3.63) is 101 Å². The van der Waals surface area contributed by atoms with Crippen LogP contribution in [0.15, 0.2) is 78.9 Å². The number of ether oxygens (including phenoxy) is 1. The van der Waals surface area contributed by atoms with E-state index in [4.69, 9.17) is 16.3 Å². The first kappa shape index (κ1) is 25.8. The van der Waals surface area contributed by atoms with Gasteiger partial charge in [0, 0.05) is 24.0 Å². The third-order valence-electron chi connectivity index (χ3n) is 6.73.